The predicted molar refractivity (Wildman–Crippen MR) is 88.7 cm³/mol. The van der Waals surface area contributed by atoms with Crippen LogP contribution in [0, 0.1) is 0 Å². The van der Waals surface area contributed by atoms with Gasteiger partial charge in [0.05, 0.1) is 11.4 Å². The van der Waals surface area contributed by atoms with Crippen LogP contribution in [-0.2, 0) is 6.54 Å². The van der Waals surface area contributed by atoms with E-state index in [1.54, 1.807) is 17.1 Å². The molecule has 2 aromatic heterocycles. The summed E-state index contributed by atoms with van der Waals surface area (Å²) in [7, 11) is 0. The highest BCUT2D eigenvalue weighted by Gasteiger charge is 2.34. The quantitative estimate of drug-likeness (QED) is 0.784. The number of pyridine rings is 1. The minimum atomic E-state index is -0.192. The van der Waals surface area contributed by atoms with Crippen molar-refractivity contribution in [1.29, 1.82) is 0 Å². The second-order valence-electron chi connectivity index (χ2n) is 5.89. The van der Waals surface area contributed by atoms with E-state index in [9.17, 15) is 4.79 Å². The van der Waals surface area contributed by atoms with E-state index in [2.05, 4.69) is 20.6 Å². The molecule has 1 aromatic carbocycles. The Hall–Kier alpha value is -3.02. The van der Waals surface area contributed by atoms with Crippen LogP contribution in [0.4, 0.5) is 0 Å². The summed E-state index contributed by atoms with van der Waals surface area (Å²) >= 11 is 0. The Labute approximate surface area is 139 Å². The fraction of sp³-hybridized carbons (Fsp3) is 0.222. The summed E-state index contributed by atoms with van der Waals surface area (Å²) in [6.45, 7) is 0.426. The predicted octanol–water partition coefficient (Wildman–Crippen LogP) is 2.47. The highest BCUT2D eigenvalue weighted by molar-refractivity contribution is 5.93. The Morgan fingerprint density at radius 3 is 2.71 bits per heavy atom. The largest absolute Gasteiger partial charge is 0.346 e. The highest BCUT2D eigenvalue weighted by Crippen LogP contribution is 2.41. The average Bonchev–Trinajstić information content (AvgIpc) is 3.39. The number of hydrogen-bond donors (Lipinski definition) is 1. The molecule has 0 radical (unpaired) electrons. The molecule has 2 heterocycles. The molecular weight excluding hydrogens is 302 g/mol. The highest BCUT2D eigenvalue weighted by atomic mass is 16.2. The summed E-state index contributed by atoms with van der Waals surface area (Å²) in [6, 6.07) is 13.6. The van der Waals surface area contributed by atoms with Crippen molar-refractivity contribution in [2.45, 2.75) is 25.3 Å². The summed E-state index contributed by atoms with van der Waals surface area (Å²) in [5, 5.41) is 11.3. The van der Waals surface area contributed by atoms with Crippen molar-refractivity contribution < 1.29 is 4.79 Å². The number of hydrogen-bond acceptors (Lipinski definition) is 4. The lowest BCUT2D eigenvalue weighted by Gasteiger charge is -2.07. The monoisotopic (exact) mass is 319 g/mol. The third-order valence-electron chi connectivity index (χ3n) is 4.06. The molecule has 6 nitrogen and oxygen atoms in total. The average molecular weight is 319 g/mol. The molecule has 120 valence electrons. The molecule has 1 amide bonds. The van der Waals surface area contributed by atoms with Gasteiger partial charge < -0.3 is 5.32 Å². The van der Waals surface area contributed by atoms with Crippen molar-refractivity contribution in [1.82, 2.24) is 25.3 Å². The van der Waals surface area contributed by atoms with Crippen LogP contribution in [-0.4, -0.2) is 25.9 Å². The Morgan fingerprint density at radius 2 is 2.00 bits per heavy atom. The first-order valence-corrected chi connectivity index (χ1v) is 8.01. The van der Waals surface area contributed by atoms with Crippen LogP contribution in [0.1, 0.15) is 40.5 Å². The molecule has 0 bridgehead atoms. The molecule has 1 aliphatic carbocycles. The maximum absolute atomic E-state index is 12.6. The third kappa shape index (κ3) is 2.90. The van der Waals surface area contributed by atoms with Gasteiger partial charge in [0.1, 0.15) is 0 Å². The molecule has 0 unspecified atom stereocenters. The summed E-state index contributed by atoms with van der Waals surface area (Å²) in [4.78, 5) is 16.6. The van der Waals surface area contributed by atoms with Crippen LogP contribution in [0.25, 0.3) is 5.69 Å². The summed E-state index contributed by atoms with van der Waals surface area (Å²) in [5.74, 6) is 0.169. The molecule has 3 aromatic rings. The van der Waals surface area contributed by atoms with Gasteiger partial charge in [-0.15, -0.1) is 5.10 Å². The molecule has 0 spiro atoms. The molecule has 1 fully saturated rings. The Bertz CT molecular complexity index is 840. The number of para-hydroxylation sites is 1. The molecule has 0 aliphatic heterocycles. The zero-order chi connectivity index (χ0) is 16.4. The van der Waals surface area contributed by atoms with Crippen molar-refractivity contribution in [3.05, 3.63) is 71.8 Å². The second-order valence-corrected chi connectivity index (χ2v) is 5.89. The van der Waals surface area contributed by atoms with Crippen molar-refractivity contribution in [2.24, 2.45) is 0 Å². The van der Waals surface area contributed by atoms with Gasteiger partial charge >= 0.3 is 0 Å². The molecular formula is C18H17N5O. The lowest BCUT2D eigenvalue weighted by atomic mass is 10.2. The van der Waals surface area contributed by atoms with Crippen molar-refractivity contribution in [2.75, 3.05) is 0 Å². The van der Waals surface area contributed by atoms with Gasteiger partial charge in [-0.05, 0) is 36.6 Å². The first-order valence-electron chi connectivity index (χ1n) is 8.01. The van der Waals surface area contributed by atoms with Gasteiger partial charge in [-0.25, -0.2) is 4.68 Å². The van der Waals surface area contributed by atoms with Crippen LogP contribution < -0.4 is 5.32 Å². The number of carbonyl (C=O) groups is 1. The molecule has 1 N–H and O–H groups in total. The first kappa shape index (κ1) is 14.6. The van der Waals surface area contributed by atoms with Crippen LogP contribution in [0.2, 0.25) is 0 Å². The number of carbonyl (C=O) groups excluding carboxylic acids is 1. The van der Waals surface area contributed by atoms with E-state index in [-0.39, 0.29) is 5.91 Å². The maximum Gasteiger partial charge on any atom is 0.274 e. The third-order valence-corrected chi connectivity index (χ3v) is 4.06. The molecule has 1 aliphatic rings. The van der Waals surface area contributed by atoms with E-state index in [1.165, 1.54) is 0 Å². The Balaban J connectivity index is 1.59. The van der Waals surface area contributed by atoms with E-state index in [0.29, 0.717) is 18.2 Å². The number of rotatable bonds is 5. The van der Waals surface area contributed by atoms with Gasteiger partial charge in [-0.2, -0.15) is 0 Å². The fourth-order valence-electron chi connectivity index (χ4n) is 2.70. The topological polar surface area (TPSA) is 72.7 Å². The summed E-state index contributed by atoms with van der Waals surface area (Å²) in [6.07, 6.45) is 5.59. The molecule has 1 saturated carbocycles. The zero-order valence-corrected chi connectivity index (χ0v) is 13.1. The van der Waals surface area contributed by atoms with E-state index in [1.807, 2.05) is 42.5 Å². The van der Waals surface area contributed by atoms with Gasteiger partial charge in [0, 0.05) is 24.9 Å². The molecule has 24 heavy (non-hydrogen) atoms. The standard InChI is InChI=1S/C18H17N5O/c24-18(20-12-13-5-4-10-19-11-13)16-17(14-8-9-14)23(22-21-16)15-6-2-1-3-7-15/h1-7,10-11,14H,8-9,12H2,(H,20,24). The van der Waals surface area contributed by atoms with E-state index in [4.69, 9.17) is 0 Å². The minimum absolute atomic E-state index is 0.192. The van der Waals surface area contributed by atoms with E-state index < -0.39 is 0 Å². The van der Waals surface area contributed by atoms with Crippen LogP contribution in [0.5, 0.6) is 0 Å². The molecule has 0 atom stereocenters. The van der Waals surface area contributed by atoms with Gasteiger partial charge in [-0.1, -0.05) is 29.5 Å². The summed E-state index contributed by atoms with van der Waals surface area (Å²) < 4.78 is 1.79. The number of amides is 1. The second kappa shape index (κ2) is 6.23. The summed E-state index contributed by atoms with van der Waals surface area (Å²) in [5.41, 5.74) is 3.21. The van der Waals surface area contributed by atoms with Gasteiger partial charge in [0.15, 0.2) is 5.69 Å². The van der Waals surface area contributed by atoms with Gasteiger partial charge in [0.2, 0.25) is 0 Å². The van der Waals surface area contributed by atoms with Gasteiger partial charge in [-0.3, -0.25) is 9.78 Å². The number of nitrogens with zero attached hydrogens (tertiary/aromatic N) is 4. The Kier molecular flexibility index (Phi) is 3.78. The van der Waals surface area contributed by atoms with E-state index >= 15 is 0 Å². The Morgan fingerprint density at radius 1 is 1.17 bits per heavy atom. The van der Waals surface area contributed by atoms with Crippen molar-refractivity contribution in [3.63, 3.8) is 0 Å². The maximum atomic E-state index is 12.6. The lowest BCUT2D eigenvalue weighted by Crippen LogP contribution is -2.24. The smallest absolute Gasteiger partial charge is 0.274 e. The number of nitrogens with one attached hydrogen (secondary N) is 1. The molecule has 4 rings (SSSR count). The molecule has 6 heteroatoms. The number of benzene rings is 1. The van der Waals surface area contributed by atoms with Crippen molar-refractivity contribution in [3.8, 4) is 5.69 Å². The first-order chi connectivity index (χ1) is 11.8. The van der Waals surface area contributed by atoms with Crippen LogP contribution in [0.3, 0.4) is 0 Å². The van der Waals surface area contributed by atoms with Crippen LogP contribution >= 0.6 is 0 Å². The van der Waals surface area contributed by atoms with Crippen LogP contribution in [0.15, 0.2) is 54.9 Å². The molecule has 0 saturated heterocycles. The SMILES string of the molecule is O=C(NCc1cccnc1)c1nnn(-c2ccccc2)c1C1CC1. The van der Waals surface area contributed by atoms with E-state index in [0.717, 1.165) is 29.8 Å². The zero-order valence-electron chi connectivity index (χ0n) is 13.1. The minimum Gasteiger partial charge on any atom is -0.346 e. The fourth-order valence-corrected chi connectivity index (χ4v) is 2.70. The number of aromatic nitrogens is 4. The van der Waals surface area contributed by atoms with Gasteiger partial charge in [0.25, 0.3) is 5.91 Å². The lowest BCUT2D eigenvalue weighted by molar-refractivity contribution is 0.0944. The van der Waals surface area contributed by atoms with Crippen molar-refractivity contribution >= 4 is 5.91 Å². The normalized spacial score (nSPS) is 13.7.